The molecule has 0 radical (unpaired) electrons. The molecule has 0 saturated carbocycles. The van der Waals surface area contributed by atoms with Crippen LogP contribution in [0.1, 0.15) is 264 Å². The normalized spacial score (nSPS) is 11.7. The quantitative estimate of drug-likeness (QED) is 0.0265. The molecule has 6 heteroatoms. The lowest BCUT2D eigenvalue weighted by Gasteiger charge is -2.18. The van der Waals surface area contributed by atoms with Gasteiger partial charge < -0.3 is 14.2 Å². The van der Waals surface area contributed by atoms with Crippen molar-refractivity contribution in [2.45, 2.75) is 270 Å². The SMILES string of the molecule is C=CCCCCCCCC(=O)OC[C@H](COC(=O)CCCCCCCCCCCCCCCCC)OC(=O)CCCCCCCCCCCCCCCCC. The molecule has 0 saturated heterocycles. The van der Waals surface area contributed by atoms with Gasteiger partial charge in [0.25, 0.3) is 0 Å². The van der Waals surface area contributed by atoms with Crippen molar-refractivity contribution in [1.82, 2.24) is 0 Å². The van der Waals surface area contributed by atoms with Crippen LogP contribution in [0.15, 0.2) is 12.7 Å². The van der Waals surface area contributed by atoms with Crippen LogP contribution in [0.4, 0.5) is 0 Å². The molecule has 0 aliphatic heterocycles. The van der Waals surface area contributed by atoms with Gasteiger partial charge >= 0.3 is 17.9 Å². The molecule has 0 rings (SSSR count). The summed E-state index contributed by atoms with van der Waals surface area (Å²) in [6, 6.07) is 0. The van der Waals surface area contributed by atoms with E-state index in [0.717, 1.165) is 77.0 Å². The summed E-state index contributed by atoms with van der Waals surface area (Å²) in [6.45, 7) is 8.16. The Hall–Kier alpha value is -1.85. The van der Waals surface area contributed by atoms with Crippen LogP contribution in [-0.4, -0.2) is 37.2 Å². The van der Waals surface area contributed by atoms with Gasteiger partial charge in [0.05, 0.1) is 0 Å². The van der Waals surface area contributed by atoms with Crippen LogP contribution >= 0.6 is 0 Å². The first kappa shape index (κ1) is 53.1. The van der Waals surface area contributed by atoms with E-state index in [4.69, 9.17) is 14.2 Å². The Bertz CT molecular complexity index is 841. The second-order valence-corrected chi connectivity index (χ2v) is 16.5. The second-order valence-electron chi connectivity index (χ2n) is 16.5. The molecule has 0 spiro atoms. The predicted octanol–water partition coefficient (Wildman–Crippen LogP) is 15.4. The minimum absolute atomic E-state index is 0.0707. The fourth-order valence-electron chi connectivity index (χ4n) is 7.25. The fraction of sp³-hybridized carbons (Fsp3) is 0.898. The van der Waals surface area contributed by atoms with Crippen molar-refractivity contribution in [3.63, 3.8) is 0 Å². The Morgan fingerprint density at radius 2 is 0.636 bits per heavy atom. The molecule has 55 heavy (non-hydrogen) atoms. The van der Waals surface area contributed by atoms with Gasteiger partial charge in [-0.25, -0.2) is 0 Å². The van der Waals surface area contributed by atoms with E-state index in [0.29, 0.717) is 19.3 Å². The van der Waals surface area contributed by atoms with Gasteiger partial charge in [-0.15, -0.1) is 6.58 Å². The molecule has 0 unspecified atom stereocenters. The van der Waals surface area contributed by atoms with Crippen LogP contribution in [0.3, 0.4) is 0 Å². The smallest absolute Gasteiger partial charge is 0.306 e. The van der Waals surface area contributed by atoms with Gasteiger partial charge in [-0.05, 0) is 32.1 Å². The molecule has 0 heterocycles. The van der Waals surface area contributed by atoms with Crippen molar-refractivity contribution in [3.8, 4) is 0 Å². The van der Waals surface area contributed by atoms with Gasteiger partial charge in [0.1, 0.15) is 13.2 Å². The van der Waals surface area contributed by atoms with E-state index in [2.05, 4.69) is 20.4 Å². The molecule has 6 nitrogen and oxygen atoms in total. The molecular weight excluding hydrogens is 685 g/mol. The number of hydrogen-bond acceptors (Lipinski definition) is 6. The van der Waals surface area contributed by atoms with E-state index >= 15 is 0 Å². The van der Waals surface area contributed by atoms with Gasteiger partial charge in [-0.2, -0.15) is 0 Å². The molecule has 0 aromatic heterocycles. The zero-order chi connectivity index (χ0) is 40.1. The highest BCUT2D eigenvalue weighted by Gasteiger charge is 2.19. The molecule has 0 N–H and O–H groups in total. The zero-order valence-corrected chi connectivity index (χ0v) is 36.8. The van der Waals surface area contributed by atoms with E-state index in [9.17, 15) is 14.4 Å². The maximum Gasteiger partial charge on any atom is 0.306 e. The van der Waals surface area contributed by atoms with Gasteiger partial charge in [-0.3, -0.25) is 14.4 Å². The van der Waals surface area contributed by atoms with E-state index in [-0.39, 0.29) is 31.1 Å². The van der Waals surface area contributed by atoms with Crippen LogP contribution in [0.2, 0.25) is 0 Å². The maximum absolute atomic E-state index is 12.7. The number of ether oxygens (including phenoxy) is 3. The molecular formula is C49H92O6. The minimum Gasteiger partial charge on any atom is -0.462 e. The number of hydrogen-bond donors (Lipinski definition) is 0. The van der Waals surface area contributed by atoms with Gasteiger partial charge in [0.2, 0.25) is 0 Å². The monoisotopic (exact) mass is 777 g/mol. The third kappa shape index (κ3) is 43.1. The Kier molecular flexibility index (Phi) is 43.4. The van der Waals surface area contributed by atoms with Crippen molar-refractivity contribution in [1.29, 1.82) is 0 Å². The lowest BCUT2D eigenvalue weighted by Crippen LogP contribution is -2.30. The number of carbonyl (C=O) groups is 3. The molecule has 324 valence electrons. The Labute approximate surface area is 341 Å². The molecule has 0 bridgehead atoms. The number of allylic oxidation sites excluding steroid dienone is 1. The second kappa shape index (κ2) is 44.9. The standard InChI is InChI=1S/C49H92O6/c1-4-7-10-13-16-18-20-22-24-26-28-30-33-36-39-42-48(51)54-45-46(44-53-47(50)41-38-35-32-15-12-9-6-3)55-49(52)43-40-37-34-31-29-27-25-23-21-19-17-14-11-8-5-2/h6,46H,3-5,7-45H2,1-2H3/t46-/m1/s1. The summed E-state index contributed by atoms with van der Waals surface area (Å²) in [5.41, 5.74) is 0. The fourth-order valence-corrected chi connectivity index (χ4v) is 7.25. The average molecular weight is 777 g/mol. The first-order valence-electron chi connectivity index (χ1n) is 24.1. The molecule has 0 aliphatic rings. The molecule has 0 amide bonds. The van der Waals surface area contributed by atoms with Gasteiger partial charge in [0.15, 0.2) is 6.10 Å². The number of rotatable bonds is 45. The van der Waals surface area contributed by atoms with E-state index < -0.39 is 6.10 Å². The molecule has 1 atom stereocenters. The van der Waals surface area contributed by atoms with Crippen molar-refractivity contribution < 1.29 is 28.6 Å². The third-order valence-corrected chi connectivity index (χ3v) is 10.9. The Morgan fingerprint density at radius 3 is 0.927 bits per heavy atom. The van der Waals surface area contributed by atoms with Crippen molar-refractivity contribution in [2.24, 2.45) is 0 Å². The van der Waals surface area contributed by atoms with Crippen molar-refractivity contribution in [3.05, 3.63) is 12.7 Å². The van der Waals surface area contributed by atoms with E-state index in [1.54, 1.807) is 0 Å². The lowest BCUT2D eigenvalue weighted by molar-refractivity contribution is -0.167. The summed E-state index contributed by atoms with van der Waals surface area (Å²) in [5.74, 6) is -0.881. The summed E-state index contributed by atoms with van der Waals surface area (Å²) in [4.78, 5) is 37.7. The van der Waals surface area contributed by atoms with Gasteiger partial charge in [-0.1, -0.05) is 219 Å². The van der Waals surface area contributed by atoms with Crippen LogP contribution in [0.5, 0.6) is 0 Å². The first-order chi connectivity index (χ1) is 27.0. The summed E-state index contributed by atoms with van der Waals surface area (Å²) in [6.07, 6.45) is 46.7. The zero-order valence-electron chi connectivity index (χ0n) is 36.8. The summed E-state index contributed by atoms with van der Waals surface area (Å²) >= 11 is 0. The number of carbonyl (C=O) groups excluding carboxylic acids is 3. The first-order valence-corrected chi connectivity index (χ1v) is 24.1. The Morgan fingerprint density at radius 1 is 0.382 bits per heavy atom. The van der Waals surface area contributed by atoms with Crippen LogP contribution in [0.25, 0.3) is 0 Å². The maximum atomic E-state index is 12.7. The summed E-state index contributed by atoms with van der Waals surface area (Å²) in [7, 11) is 0. The highest BCUT2D eigenvalue weighted by atomic mass is 16.6. The van der Waals surface area contributed by atoms with Crippen LogP contribution < -0.4 is 0 Å². The number of esters is 3. The molecule has 0 fully saturated rings. The highest BCUT2D eigenvalue weighted by molar-refractivity contribution is 5.71. The van der Waals surface area contributed by atoms with E-state index in [1.165, 1.54) is 154 Å². The van der Waals surface area contributed by atoms with Crippen LogP contribution in [-0.2, 0) is 28.6 Å². The largest absolute Gasteiger partial charge is 0.462 e. The summed E-state index contributed by atoms with van der Waals surface area (Å²) < 4.78 is 16.7. The number of unbranched alkanes of at least 4 members (excludes halogenated alkanes) is 33. The topological polar surface area (TPSA) is 78.9 Å². The summed E-state index contributed by atoms with van der Waals surface area (Å²) in [5, 5.41) is 0. The Balaban J connectivity index is 4.22. The minimum atomic E-state index is -0.767. The molecule has 0 aliphatic carbocycles. The van der Waals surface area contributed by atoms with Crippen LogP contribution in [0, 0.1) is 0 Å². The average Bonchev–Trinajstić information content (AvgIpc) is 3.18. The predicted molar refractivity (Wildman–Crippen MR) is 233 cm³/mol. The third-order valence-electron chi connectivity index (χ3n) is 10.9. The van der Waals surface area contributed by atoms with Crippen molar-refractivity contribution in [2.75, 3.05) is 13.2 Å². The lowest BCUT2D eigenvalue weighted by atomic mass is 10.0. The molecule has 0 aromatic rings. The van der Waals surface area contributed by atoms with E-state index in [1.807, 2.05) is 6.08 Å². The van der Waals surface area contributed by atoms with Gasteiger partial charge in [0, 0.05) is 19.3 Å². The highest BCUT2D eigenvalue weighted by Crippen LogP contribution is 2.16. The molecule has 0 aromatic carbocycles. The van der Waals surface area contributed by atoms with Crippen molar-refractivity contribution >= 4 is 17.9 Å².